The molecule has 0 amide bonds. The Kier molecular flexibility index (Phi) is 6.86. The Morgan fingerprint density at radius 1 is 1.09 bits per heavy atom. The van der Waals surface area contributed by atoms with Crippen molar-refractivity contribution in [3.8, 4) is 11.1 Å². The summed E-state index contributed by atoms with van der Waals surface area (Å²) < 4.78 is 5.45. The minimum Gasteiger partial charge on any atom is -0.354 e. The molecule has 0 bridgehead atoms. The Morgan fingerprint density at radius 2 is 1.97 bits per heavy atom. The molecule has 4 unspecified atom stereocenters. The summed E-state index contributed by atoms with van der Waals surface area (Å²) >= 11 is 0. The Balaban J connectivity index is 1.33. The minimum atomic E-state index is 0.264. The third-order valence-corrected chi connectivity index (χ3v) is 7.27. The number of hydrogen-bond donors (Lipinski definition) is 2. The highest BCUT2D eigenvalue weighted by molar-refractivity contribution is 5.68. The quantitative estimate of drug-likeness (QED) is 0.373. The largest absolute Gasteiger partial charge is 0.354 e. The standard InChI is InChI=1S/C29H35N3O/c1-20-17-23(26-10-4-3-7-22(26)8-6-15-32-29-21(2)33-29)11-12-25(20)28-19-31-16-13-27(28)24-9-5-14-30-18-24/h3-5,7,9-12,14,17-18,21,27-29,31-32H,6,8,13,15-16,19H2,1-2H3. The highest BCUT2D eigenvalue weighted by atomic mass is 16.6. The molecule has 2 N–H and O–H groups in total. The van der Waals surface area contributed by atoms with Gasteiger partial charge >= 0.3 is 0 Å². The molecule has 0 saturated carbocycles. The van der Waals surface area contributed by atoms with Gasteiger partial charge in [-0.3, -0.25) is 10.3 Å². The first-order chi connectivity index (χ1) is 16.2. The van der Waals surface area contributed by atoms with E-state index in [9.17, 15) is 0 Å². The van der Waals surface area contributed by atoms with Crippen LogP contribution < -0.4 is 10.6 Å². The van der Waals surface area contributed by atoms with Crippen LogP contribution in [0.2, 0.25) is 0 Å². The molecule has 4 atom stereocenters. The maximum Gasteiger partial charge on any atom is 0.134 e. The van der Waals surface area contributed by atoms with E-state index in [1.165, 1.54) is 33.4 Å². The minimum absolute atomic E-state index is 0.264. The summed E-state index contributed by atoms with van der Waals surface area (Å²) in [6.45, 7) is 7.47. The van der Waals surface area contributed by atoms with E-state index in [4.69, 9.17) is 4.74 Å². The topological polar surface area (TPSA) is 49.5 Å². The summed E-state index contributed by atoms with van der Waals surface area (Å²) in [5, 5.41) is 7.10. The van der Waals surface area contributed by atoms with Crippen LogP contribution in [0.25, 0.3) is 11.1 Å². The van der Waals surface area contributed by atoms with E-state index < -0.39 is 0 Å². The Labute approximate surface area is 197 Å². The van der Waals surface area contributed by atoms with Crippen molar-refractivity contribution in [2.24, 2.45) is 0 Å². The number of aromatic nitrogens is 1. The smallest absolute Gasteiger partial charge is 0.134 e. The van der Waals surface area contributed by atoms with Crippen molar-refractivity contribution in [3.63, 3.8) is 0 Å². The van der Waals surface area contributed by atoms with Crippen molar-refractivity contribution in [2.45, 2.75) is 57.3 Å². The lowest BCUT2D eigenvalue weighted by Crippen LogP contribution is -2.34. The molecule has 1 aromatic heterocycles. The van der Waals surface area contributed by atoms with Gasteiger partial charge in [0.25, 0.3) is 0 Å². The van der Waals surface area contributed by atoms with Gasteiger partial charge in [0.1, 0.15) is 6.23 Å². The van der Waals surface area contributed by atoms with Crippen LogP contribution in [0.15, 0.2) is 67.0 Å². The second kappa shape index (κ2) is 10.2. The molecule has 33 heavy (non-hydrogen) atoms. The number of rotatable bonds is 8. The highest BCUT2D eigenvalue weighted by Crippen LogP contribution is 2.39. The number of epoxide rings is 1. The second-order valence-corrected chi connectivity index (χ2v) is 9.54. The first-order valence-electron chi connectivity index (χ1n) is 12.4. The van der Waals surface area contributed by atoms with Gasteiger partial charge < -0.3 is 10.1 Å². The van der Waals surface area contributed by atoms with Crippen LogP contribution in [0.3, 0.4) is 0 Å². The summed E-state index contributed by atoms with van der Waals surface area (Å²) in [4.78, 5) is 4.39. The van der Waals surface area contributed by atoms with Crippen LogP contribution >= 0.6 is 0 Å². The van der Waals surface area contributed by atoms with Crippen molar-refractivity contribution < 1.29 is 4.74 Å². The van der Waals surface area contributed by atoms with Crippen LogP contribution in [-0.2, 0) is 11.2 Å². The molecule has 3 heterocycles. The van der Waals surface area contributed by atoms with Crippen LogP contribution in [0.1, 0.15) is 53.9 Å². The van der Waals surface area contributed by atoms with Crippen LogP contribution in [0.5, 0.6) is 0 Å². The lowest BCUT2D eigenvalue weighted by molar-refractivity contribution is 0.349. The molecule has 2 aliphatic rings. The number of benzene rings is 2. The number of nitrogens with one attached hydrogen (secondary N) is 2. The molecular weight excluding hydrogens is 406 g/mol. The Morgan fingerprint density at radius 3 is 2.76 bits per heavy atom. The van der Waals surface area contributed by atoms with E-state index in [2.05, 4.69) is 84.1 Å². The van der Waals surface area contributed by atoms with Gasteiger partial charge in [-0.2, -0.15) is 0 Å². The van der Waals surface area contributed by atoms with Gasteiger partial charge in [-0.1, -0.05) is 48.5 Å². The van der Waals surface area contributed by atoms with E-state index >= 15 is 0 Å². The van der Waals surface area contributed by atoms with Crippen molar-refractivity contribution in [2.75, 3.05) is 19.6 Å². The zero-order valence-electron chi connectivity index (χ0n) is 19.8. The van der Waals surface area contributed by atoms with Crippen LogP contribution in [-0.4, -0.2) is 37.0 Å². The van der Waals surface area contributed by atoms with Gasteiger partial charge in [-0.05, 0) is 91.6 Å². The van der Waals surface area contributed by atoms with E-state index in [0.29, 0.717) is 17.9 Å². The van der Waals surface area contributed by atoms with E-state index in [1.54, 1.807) is 0 Å². The molecule has 172 valence electrons. The van der Waals surface area contributed by atoms with Crippen molar-refractivity contribution in [3.05, 3.63) is 89.2 Å². The fraction of sp³-hybridized carbons (Fsp3) is 0.414. The molecule has 0 radical (unpaired) electrons. The third-order valence-electron chi connectivity index (χ3n) is 7.27. The molecule has 2 fully saturated rings. The maximum atomic E-state index is 5.45. The lowest BCUT2D eigenvalue weighted by Gasteiger charge is -2.34. The van der Waals surface area contributed by atoms with Gasteiger partial charge in [0.05, 0.1) is 6.10 Å². The lowest BCUT2D eigenvalue weighted by atomic mass is 9.76. The number of piperidine rings is 1. The van der Waals surface area contributed by atoms with E-state index in [1.807, 2.05) is 12.4 Å². The van der Waals surface area contributed by atoms with Crippen molar-refractivity contribution in [1.29, 1.82) is 0 Å². The molecule has 2 aliphatic heterocycles. The number of pyridine rings is 1. The molecule has 4 nitrogen and oxygen atoms in total. The summed E-state index contributed by atoms with van der Waals surface area (Å²) in [5.41, 5.74) is 8.29. The summed E-state index contributed by atoms with van der Waals surface area (Å²) in [7, 11) is 0. The molecule has 2 saturated heterocycles. The normalized spacial score (nSPS) is 24.5. The number of nitrogens with zero attached hydrogens (tertiary/aromatic N) is 1. The second-order valence-electron chi connectivity index (χ2n) is 9.54. The summed E-state index contributed by atoms with van der Waals surface area (Å²) in [6.07, 6.45) is 7.89. The predicted molar refractivity (Wildman–Crippen MR) is 134 cm³/mol. The summed E-state index contributed by atoms with van der Waals surface area (Å²) in [5.74, 6) is 0.993. The zero-order chi connectivity index (χ0) is 22.6. The average Bonchev–Trinajstić information content (AvgIpc) is 3.57. The van der Waals surface area contributed by atoms with E-state index in [0.717, 1.165) is 38.9 Å². The Bertz CT molecular complexity index is 1070. The predicted octanol–water partition coefficient (Wildman–Crippen LogP) is 5.18. The van der Waals surface area contributed by atoms with E-state index in [-0.39, 0.29) is 6.23 Å². The fourth-order valence-corrected chi connectivity index (χ4v) is 5.38. The molecular formula is C29H35N3O. The zero-order valence-corrected chi connectivity index (χ0v) is 19.8. The van der Waals surface area contributed by atoms with Crippen LogP contribution in [0.4, 0.5) is 0 Å². The molecule has 2 aromatic carbocycles. The van der Waals surface area contributed by atoms with Gasteiger partial charge in [0.15, 0.2) is 0 Å². The molecule has 3 aromatic rings. The summed E-state index contributed by atoms with van der Waals surface area (Å²) in [6, 6.07) is 20.2. The monoisotopic (exact) mass is 441 g/mol. The average molecular weight is 442 g/mol. The van der Waals surface area contributed by atoms with Crippen molar-refractivity contribution in [1.82, 2.24) is 15.6 Å². The molecule has 5 rings (SSSR count). The molecule has 0 aliphatic carbocycles. The Hall–Kier alpha value is -2.53. The number of hydrogen-bond acceptors (Lipinski definition) is 4. The SMILES string of the molecule is Cc1cc(-c2ccccc2CCCNC2OC2C)ccc1C1CNCCC1c1cccnc1. The van der Waals surface area contributed by atoms with Gasteiger partial charge in [-0.15, -0.1) is 0 Å². The molecule has 0 spiro atoms. The maximum absolute atomic E-state index is 5.45. The van der Waals surface area contributed by atoms with Gasteiger partial charge in [-0.25, -0.2) is 0 Å². The number of aryl methyl sites for hydroxylation is 2. The van der Waals surface area contributed by atoms with Gasteiger partial charge in [0, 0.05) is 24.9 Å². The van der Waals surface area contributed by atoms with Gasteiger partial charge in [0.2, 0.25) is 0 Å². The van der Waals surface area contributed by atoms with Crippen LogP contribution in [0, 0.1) is 6.92 Å². The fourth-order valence-electron chi connectivity index (χ4n) is 5.38. The van der Waals surface area contributed by atoms with Crippen molar-refractivity contribution >= 4 is 0 Å². The number of ether oxygens (including phenoxy) is 1. The highest BCUT2D eigenvalue weighted by Gasteiger charge is 2.33. The third kappa shape index (κ3) is 5.19. The first-order valence-corrected chi connectivity index (χ1v) is 12.4. The molecule has 4 heteroatoms. The first kappa shape index (κ1) is 22.3.